The summed E-state index contributed by atoms with van der Waals surface area (Å²) in [5.74, 6) is 1.38. The molecule has 0 spiro atoms. The highest BCUT2D eigenvalue weighted by Gasteiger charge is 2.21. The van der Waals surface area contributed by atoms with Crippen LogP contribution in [-0.2, 0) is 11.3 Å². The van der Waals surface area contributed by atoms with Crippen molar-refractivity contribution in [2.75, 3.05) is 24.5 Å². The molecule has 26 heavy (non-hydrogen) atoms. The second-order valence-corrected chi connectivity index (χ2v) is 6.67. The average Bonchev–Trinajstić information content (AvgIpc) is 3.09. The zero-order chi connectivity index (χ0) is 17.8. The molecule has 1 atom stereocenters. The molecule has 2 aromatic heterocycles. The third-order valence-corrected chi connectivity index (χ3v) is 4.69. The van der Waals surface area contributed by atoms with E-state index in [1.54, 1.807) is 0 Å². The Balaban J connectivity index is 1.29. The van der Waals surface area contributed by atoms with Gasteiger partial charge in [0.25, 0.3) is 0 Å². The monoisotopic (exact) mass is 350 g/mol. The second-order valence-electron chi connectivity index (χ2n) is 6.67. The van der Waals surface area contributed by atoms with Crippen molar-refractivity contribution >= 4 is 22.8 Å². The van der Waals surface area contributed by atoms with E-state index in [0.717, 1.165) is 42.8 Å². The number of nitrogens with zero attached hydrogens (tertiary/aromatic N) is 5. The van der Waals surface area contributed by atoms with Gasteiger partial charge in [-0.3, -0.25) is 4.79 Å². The molecule has 1 amide bonds. The van der Waals surface area contributed by atoms with Crippen LogP contribution in [0.3, 0.4) is 0 Å². The number of pyridine rings is 1. The molecular weight excluding hydrogens is 328 g/mol. The van der Waals surface area contributed by atoms with E-state index in [1.165, 1.54) is 4.80 Å². The Hall–Kier alpha value is -2.96. The molecular formula is C19H22N6O. The van der Waals surface area contributed by atoms with Crippen LogP contribution in [0.5, 0.6) is 0 Å². The molecule has 0 unspecified atom stereocenters. The lowest BCUT2D eigenvalue weighted by atomic mass is 9.98. The van der Waals surface area contributed by atoms with Crippen molar-refractivity contribution in [3.63, 3.8) is 0 Å². The first kappa shape index (κ1) is 16.5. The Morgan fingerprint density at radius 2 is 1.88 bits per heavy atom. The minimum atomic E-state index is -0.0553. The molecule has 1 fully saturated rings. The van der Waals surface area contributed by atoms with E-state index < -0.39 is 0 Å². The van der Waals surface area contributed by atoms with Crippen LogP contribution >= 0.6 is 0 Å². The Kier molecular flexibility index (Phi) is 4.77. The molecule has 3 heterocycles. The smallest absolute Gasteiger partial charge is 0.243 e. The van der Waals surface area contributed by atoms with Gasteiger partial charge in [-0.2, -0.15) is 15.0 Å². The van der Waals surface area contributed by atoms with E-state index in [0.29, 0.717) is 12.5 Å². The Morgan fingerprint density at radius 1 is 1.12 bits per heavy atom. The highest BCUT2D eigenvalue weighted by Crippen LogP contribution is 2.20. The van der Waals surface area contributed by atoms with Gasteiger partial charge in [-0.15, -0.1) is 0 Å². The van der Waals surface area contributed by atoms with Gasteiger partial charge in [0.2, 0.25) is 5.91 Å². The summed E-state index contributed by atoms with van der Waals surface area (Å²) in [7, 11) is 0. The van der Waals surface area contributed by atoms with Crippen molar-refractivity contribution in [2.24, 2.45) is 5.92 Å². The maximum absolute atomic E-state index is 12.2. The fourth-order valence-corrected chi connectivity index (χ4v) is 3.40. The zero-order valence-corrected chi connectivity index (χ0v) is 14.6. The molecule has 1 aliphatic heterocycles. The van der Waals surface area contributed by atoms with E-state index in [9.17, 15) is 4.79 Å². The van der Waals surface area contributed by atoms with Crippen molar-refractivity contribution < 1.29 is 4.79 Å². The fraction of sp³-hybridized carbons (Fsp3) is 0.368. The molecule has 4 rings (SSSR count). The number of carbonyl (C=O) groups is 1. The number of fused-ring (bicyclic) bond motifs is 1. The highest BCUT2D eigenvalue weighted by molar-refractivity contribution is 5.77. The summed E-state index contributed by atoms with van der Waals surface area (Å²) < 4.78 is 0. The first-order valence-electron chi connectivity index (χ1n) is 9.00. The van der Waals surface area contributed by atoms with Gasteiger partial charge in [-0.1, -0.05) is 18.2 Å². The molecule has 1 aromatic carbocycles. The molecule has 3 aromatic rings. The molecule has 1 saturated heterocycles. The minimum absolute atomic E-state index is 0.0553. The number of nitrogens with one attached hydrogen (secondary N) is 1. The Bertz CT molecular complexity index is 845. The standard InChI is InChI=1S/C19H22N6O/c26-19(14-25-22-16-7-1-2-8-17(16)23-25)21-12-15-6-5-11-24(13-15)18-9-3-4-10-20-18/h1-4,7-10,15H,5-6,11-14H2,(H,21,26)/t15-/m1/s1. The SMILES string of the molecule is O=C(Cn1nc2ccccc2n1)NC[C@H]1CCCN(c2ccccn2)C1. The van der Waals surface area contributed by atoms with E-state index in [-0.39, 0.29) is 12.5 Å². The van der Waals surface area contributed by atoms with Gasteiger partial charge in [-0.05, 0) is 43.0 Å². The zero-order valence-electron chi connectivity index (χ0n) is 14.6. The van der Waals surface area contributed by atoms with Crippen LogP contribution in [0.15, 0.2) is 48.7 Å². The summed E-state index contributed by atoms with van der Waals surface area (Å²) in [6.07, 6.45) is 4.05. The molecule has 1 aliphatic rings. The maximum Gasteiger partial charge on any atom is 0.243 e. The summed E-state index contributed by atoms with van der Waals surface area (Å²) in [6.45, 7) is 2.75. The van der Waals surface area contributed by atoms with Gasteiger partial charge in [0, 0.05) is 25.8 Å². The molecule has 7 nitrogen and oxygen atoms in total. The number of benzene rings is 1. The molecule has 0 bridgehead atoms. The largest absolute Gasteiger partial charge is 0.356 e. The van der Waals surface area contributed by atoms with E-state index in [1.807, 2.05) is 48.7 Å². The highest BCUT2D eigenvalue weighted by atomic mass is 16.2. The predicted molar refractivity (Wildman–Crippen MR) is 99.7 cm³/mol. The number of carbonyl (C=O) groups excluding carboxylic acids is 1. The van der Waals surface area contributed by atoms with Crippen LogP contribution in [0.2, 0.25) is 0 Å². The van der Waals surface area contributed by atoms with Crippen molar-refractivity contribution in [1.29, 1.82) is 0 Å². The van der Waals surface area contributed by atoms with Gasteiger partial charge in [0.05, 0.1) is 0 Å². The normalized spacial score (nSPS) is 17.4. The predicted octanol–water partition coefficient (Wildman–Crippen LogP) is 1.86. The number of piperidine rings is 1. The van der Waals surface area contributed by atoms with Crippen LogP contribution in [0.1, 0.15) is 12.8 Å². The molecule has 0 aliphatic carbocycles. The van der Waals surface area contributed by atoms with Crippen LogP contribution in [0.4, 0.5) is 5.82 Å². The number of rotatable bonds is 5. The average molecular weight is 350 g/mol. The first-order chi connectivity index (χ1) is 12.8. The maximum atomic E-state index is 12.2. The van der Waals surface area contributed by atoms with Gasteiger partial charge in [-0.25, -0.2) is 4.98 Å². The molecule has 7 heteroatoms. The summed E-state index contributed by atoms with van der Waals surface area (Å²) in [4.78, 5) is 20.4. The van der Waals surface area contributed by atoms with Crippen LogP contribution in [0.25, 0.3) is 11.0 Å². The quantitative estimate of drug-likeness (QED) is 0.760. The Morgan fingerprint density at radius 3 is 2.62 bits per heavy atom. The molecule has 0 saturated carbocycles. The number of hydrogen-bond acceptors (Lipinski definition) is 5. The summed E-state index contributed by atoms with van der Waals surface area (Å²) >= 11 is 0. The minimum Gasteiger partial charge on any atom is -0.356 e. The van der Waals surface area contributed by atoms with Crippen LogP contribution in [0, 0.1) is 5.92 Å². The van der Waals surface area contributed by atoms with E-state index in [4.69, 9.17) is 0 Å². The van der Waals surface area contributed by atoms with Crippen molar-refractivity contribution in [3.05, 3.63) is 48.7 Å². The molecule has 0 radical (unpaired) electrons. The Labute approximate surface area is 152 Å². The van der Waals surface area contributed by atoms with Gasteiger partial charge in [0.1, 0.15) is 23.4 Å². The number of amides is 1. The lowest BCUT2D eigenvalue weighted by Crippen LogP contribution is -2.42. The van der Waals surface area contributed by atoms with E-state index in [2.05, 4.69) is 25.4 Å². The molecule has 134 valence electrons. The summed E-state index contributed by atoms with van der Waals surface area (Å²) in [5.41, 5.74) is 1.61. The second kappa shape index (κ2) is 7.51. The van der Waals surface area contributed by atoms with Gasteiger partial charge < -0.3 is 10.2 Å². The van der Waals surface area contributed by atoms with E-state index >= 15 is 0 Å². The van der Waals surface area contributed by atoms with Gasteiger partial charge in [0.15, 0.2) is 0 Å². The fourth-order valence-electron chi connectivity index (χ4n) is 3.40. The van der Waals surface area contributed by atoms with Gasteiger partial charge >= 0.3 is 0 Å². The number of anilines is 1. The first-order valence-corrected chi connectivity index (χ1v) is 9.00. The third-order valence-electron chi connectivity index (χ3n) is 4.69. The summed E-state index contributed by atoms with van der Waals surface area (Å²) in [6, 6.07) is 13.6. The number of hydrogen-bond donors (Lipinski definition) is 1. The molecule has 1 N–H and O–H groups in total. The third kappa shape index (κ3) is 3.82. The van der Waals surface area contributed by atoms with Crippen LogP contribution < -0.4 is 10.2 Å². The number of aromatic nitrogens is 4. The van der Waals surface area contributed by atoms with Crippen LogP contribution in [-0.4, -0.2) is 45.5 Å². The lowest BCUT2D eigenvalue weighted by molar-refractivity contribution is -0.122. The van der Waals surface area contributed by atoms with Crippen molar-refractivity contribution in [3.8, 4) is 0 Å². The topological polar surface area (TPSA) is 75.9 Å². The summed E-state index contributed by atoms with van der Waals surface area (Å²) in [5, 5.41) is 11.7. The van der Waals surface area contributed by atoms with Crippen molar-refractivity contribution in [2.45, 2.75) is 19.4 Å². The van der Waals surface area contributed by atoms with Crippen molar-refractivity contribution in [1.82, 2.24) is 25.3 Å². The lowest BCUT2D eigenvalue weighted by Gasteiger charge is -2.33.